The summed E-state index contributed by atoms with van der Waals surface area (Å²) in [7, 11) is 0. The van der Waals surface area contributed by atoms with Crippen molar-refractivity contribution in [2.24, 2.45) is 0 Å². The summed E-state index contributed by atoms with van der Waals surface area (Å²) < 4.78 is 3.14. The Balaban J connectivity index is 1.47. The average molecular weight is 408 g/mol. The first-order chi connectivity index (χ1) is 14.2. The number of hydrogen-bond acceptors (Lipinski definition) is 5. The summed E-state index contributed by atoms with van der Waals surface area (Å²) in [5.41, 5.74) is 3.73. The monoisotopic (exact) mass is 407 g/mol. The Kier molecular flexibility index (Phi) is 5.87. The molecular formula is C22H25N5OS. The topological polar surface area (TPSA) is 62.5 Å². The van der Waals surface area contributed by atoms with Gasteiger partial charge in [-0.15, -0.1) is 0 Å². The lowest BCUT2D eigenvalue weighted by Gasteiger charge is -2.17. The number of benzene rings is 1. The van der Waals surface area contributed by atoms with Crippen LogP contribution in [0.4, 0.5) is 0 Å². The van der Waals surface area contributed by atoms with E-state index in [0.717, 1.165) is 52.5 Å². The van der Waals surface area contributed by atoms with Crippen LogP contribution >= 0.6 is 11.3 Å². The van der Waals surface area contributed by atoms with Crippen molar-refractivity contribution in [2.45, 2.75) is 20.3 Å². The van der Waals surface area contributed by atoms with E-state index < -0.39 is 0 Å². The number of nitrogens with zero attached hydrogens (tertiary/aromatic N) is 4. The molecule has 4 aromatic rings. The van der Waals surface area contributed by atoms with Crippen LogP contribution in [-0.2, 0) is 0 Å². The zero-order chi connectivity index (χ0) is 20.2. The van der Waals surface area contributed by atoms with Gasteiger partial charge in [0.05, 0.1) is 15.9 Å². The quantitative estimate of drug-likeness (QED) is 0.447. The number of nitrogens with one attached hydrogen (secondary N) is 1. The molecule has 3 heterocycles. The Hall–Kier alpha value is -2.77. The molecule has 0 radical (unpaired) electrons. The van der Waals surface area contributed by atoms with E-state index in [1.807, 2.05) is 36.5 Å². The van der Waals surface area contributed by atoms with Gasteiger partial charge in [0.25, 0.3) is 5.91 Å². The maximum absolute atomic E-state index is 12.5. The van der Waals surface area contributed by atoms with Gasteiger partial charge in [0.2, 0.25) is 0 Å². The van der Waals surface area contributed by atoms with Gasteiger partial charge in [0.1, 0.15) is 0 Å². The maximum Gasteiger partial charge on any atom is 0.251 e. The molecule has 29 heavy (non-hydrogen) atoms. The van der Waals surface area contributed by atoms with Crippen LogP contribution in [0.25, 0.3) is 26.4 Å². The molecule has 0 fully saturated rings. The summed E-state index contributed by atoms with van der Waals surface area (Å²) in [4.78, 5) is 24.6. The van der Waals surface area contributed by atoms with E-state index in [0.29, 0.717) is 12.1 Å². The summed E-state index contributed by atoms with van der Waals surface area (Å²) >= 11 is 1.60. The van der Waals surface area contributed by atoms with E-state index in [1.165, 1.54) is 0 Å². The Morgan fingerprint density at radius 3 is 2.72 bits per heavy atom. The van der Waals surface area contributed by atoms with Crippen molar-refractivity contribution < 1.29 is 4.79 Å². The Labute approximate surface area is 174 Å². The molecule has 0 bridgehead atoms. The van der Waals surface area contributed by atoms with Crippen molar-refractivity contribution in [1.82, 2.24) is 24.6 Å². The summed E-state index contributed by atoms with van der Waals surface area (Å²) in [6, 6.07) is 9.76. The highest BCUT2D eigenvalue weighted by Crippen LogP contribution is 2.30. The van der Waals surface area contributed by atoms with E-state index in [9.17, 15) is 4.79 Å². The lowest BCUT2D eigenvalue weighted by atomic mass is 10.2. The minimum absolute atomic E-state index is 0.0186. The van der Waals surface area contributed by atoms with Gasteiger partial charge in [-0.05, 0) is 56.4 Å². The van der Waals surface area contributed by atoms with Gasteiger partial charge in [-0.1, -0.05) is 25.2 Å². The first-order valence-corrected chi connectivity index (χ1v) is 10.8. The normalized spacial score (nSPS) is 11.6. The van der Waals surface area contributed by atoms with Crippen LogP contribution in [0, 0.1) is 0 Å². The van der Waals surface area contributed by atoms with Gasteiger partial charge in [0, 0.05) is 36.3 Å². The van der Waals surface area contributed by atoms with Crippen LogP contribution < -0.4 is 5.32 Å². The fourth-order valence-electron chi connectivity index (χ4n) is 3.45. The van der Waals surface area contributed by atoms with Crippen molar-refractivity contribution in [2.75, 3.05) is 26.2 Å². The molecule has 1 aromatic carbocycles. The van der Waals surface area contributed by atoms with Crippen LogP contribution in [0.1, 0.15) is 30.6 Å². The molecule has 7 heteroatoms. The highest BCUT2D eigenvalue weighted by atomic mass is 32.1. The van der Waals surface area contributed by atoms with Crippen molar-refractivity contribution >= 4 is 32.4 Å². The molecule has 1 amide bonds. The number of imidazole rings is 1. The lowest BCUT2D eigenvalue weighted by molar-refractivity contribution is 0.0952. The number of hydrogen-bond donors (Lipinski definition) is 1. The third kappa shape index (κ3) is 4.16. The molecule has 0 aliphatic carbocycles. The van der Waals surface area contributed by atoms with Gasteiger partial charge in [-0.3, -0.25) is 14.2 Å². The van der Waals surface area contributed by atoms with Crippen LogP contribution in [0.2, 0.25) is 0 Å². The van der Waals surface area contributed by atoms with Gasteiger partial charge in [0.15, 0.2) is 4.96 Å². The smallest absolute Gasteiger partial charge is 0.251 e. The van der Waals surface area contributed by atoms with Gasteiger partial charge in [-0.2, -0.15) is 0 Å². The summed E-state index contributed by atoms with van der Waals surface area (Å²) in [5.74, 6) is -0.0186. The molecular weight excluding hydrogens is 382 g/mol. The molecule has 6 nitrogen and oxygen atoms in total. The molecule has 3 aromatic heterocycles. The van der Waals surface area contributed by atoms with E-state index in [1.54, 1.807) is 23.7 Å². The fraction of sp³-hybridized carbons (Fsp3) is 0.318. The first kappa shape index (κ1) is 19.5. The number of carbonyl (C=O) groups excluding carboxylic acids is 1. The van der Waals surface area contributed by atoms with Crippen LogP contribution in [-0.4, -0.2) is 51.4 Å². The molecule has 0 unspecified atom stereocenters. The number of aromatic nitrogens is 3. The average Bonchev–Trinajstić information content (AvgIpc) is 3.32. The Morgan fingerprint density at radius 2 is 1.97 bits per heavy atom. The minimum atomic E-state index is -0.0186. The molecule has 150 valence electrons. The van der Waals surface area contributed by atoms with Crippen LogP contribution in [0.5, 0.6) is 0 Å². The number of fused-ring (bicyclic) bond motifs is 3. The predicted octanol–water partition coefficient (Wildman–Crippen LogP) is 4.07. The molecule has 0 atom stereocenters. The largest absolute Gasteiger partial charge is 0.352 e. The first-order valence-electron chi connectivity index (χ1n) is 10.0. The highest BCUT2D eigenvalue weighted by Gasteiger charge is 2.13. The lowest BCUT2D eigenvalue weighted by Crippen LogP contribution is -2.29. The van der Waals surface area contributed by atoms with Crippen LogP contribution in [0.3, 0.4) is 0 Å². The molecule has 1 N–H and O–H groups in total. The number of amides is 1. The van der Waals surface area contributed by atoms with Crippen molar-refractivity contribution in [3.63, 3.8) is 0 Å². The van der Waals surface area contributed by atoms with Gasteiger partial charge >= 0.3 is 0 Å². The van der Waals surface area contributed by atoms with Crippen LogP contribution in [0.15, 0.2) is 48.9 Å². The van der Waals surface area contributed by atoms with Gasteiger partial charge < -0.3 is 10.2 Å². The third-order valence-corrected chi connectivity index (χ3v) is 6.18. The molecule has 0 aliphatic rings. The standard InChI is InChI=1S/C22H25N5OS/c1-3-26(4-2)13-5-10-24-21(28)17-6-7-19-20(14-17)29-22-25-18(15-27(19)22)16-8-11-23-12-9-16/h6-9,11-12,14-15H,3-5,10,13H2,1-2H3,(H,24,28). The molecule has 0 spiro atoms. The zero-order valence-electron chi connectivity index (χ0n) is 16.8. The van der Waals surface area contributed by atoms with E-state index in [4.69, 9.17) is 4.98 Å². The number of rotatable bonds is 8. The molecule has 0 saturated heterocycles. The molecule has 0 aliphatic heterocycles. The molecule has 0 saturated carbocycles. The number of thiazole rings is 1. The summed E-state index contributed by atoms with van der Waals surface area (Å²) in [5, 5.41) is 3.04. The SMILES string of the molecule is CCN(CC)CCCNC(=O)c1ccc2c(c1)sc1nc(-c3ccncc3)cn12. The predicted molar refractivity (Wildman–Crippen MR) is 119 cm³/mol. The minimum Gasteiger partial charge on any atom is -0.352 e. The van der Waals surface area contributed by atoms with E-state index in [2.05, 4.69) is 33.4 Å². The summed E-state index contributed by atoms with van der Waals surface area (Å²) in [6.07, 6.45) is 6.54. The highest BCUT2D eigenvalue weighted by molar-refractivity contribution is 7.23. The fourth-order valence-corrected chi connectivity index (χ4v) is 4.50. The zero-order valence-corrected chi connectivity index (χ0v) is 17.6. The second kappa shape index (κ2) is 8.71. The van der Waals surface area contributed by atoms with Crippen molar-refractivity contribution in [3.8, 4) is 11.3 Å². The van der Waals surface area contributed by atoms with E-state index >= 15 is 0 Å². The summed E-state index contributed by atoms with van der Waals surface area (Å²) in [6.45, 7) is 8.11. The van der Waals surface area contributed by atoms with Gasteiger partial charge in [-0.25, -0.2) is 4.98 Å². The number of pyridine rings is 1. The molecule has 4 rings (SSSR count). The second-order valence-electron chi connectivity index (χ2n) is 6.94. The van der Waals surface area contributed by atoms with Crippen molar-refractivity contribution in [3.05, 3.63) is 54.5 Å². The Morgan fingerprint density at radius 1 is 1.17 bits per heavy atom. The second-order valence-corrected chi connectivity index (χ2v) is 7.94. The maximum atomic E-state index is 12.5. The van der Waals surface area contributed by atoms with E-state index in [-0.39, 0.29) is 5.91 Å². The van der Waals surface area contributed by atoms with Crippen molar-refractivity contribution in [1.29, 1.82) is 0 Å². The number of carbonyl (C=O) groups is 1. The third-order valence-electron chi connectivity index (χ3n) is 5.16. The Bertz CT molecular complexity index is 1110.